The first-order valence-electron chi connectivity index (χ1n) is 10.4. The Kier molecular flexibility index (Phi) is 23.4. The third-order valence-corrected chi connectivity index (χ3v) is 6.70. The molecule has 0 spiro atoms. The Morgan fingerprint density at radius 2 is 0.792 bits per heavy atom. The maximum atomic E-state index is 12.0. The van der Waals surface area contributed by atoms with E-state index in [1.165, 1.54) is 77.0 Å². The van der Waals surface area contributed by atoms with Crippen LogP contribution in [0.25, 0.3) is 0 Å². The standard InChI is InChI=1S/C20H43O2P.Na/c1-3-5-7-9-11-13-15-17-19-23(21,22)20-18-16-14-12-10-8-6-4-2;/h3-20H2,1-2H3,(H,21,22);/q;+1/p-1. The van der Waals surface area contributed by atoms with Gasteiger partial charge in [-0.05, 0) is 25.2 Å². The Hall–Kier alpha value is 1.19. The average Bonchev–Trinajstić information content (AvgIpc) is 2.52. The van der Waals surface area contributed by atoms with Crippen LogP contribution in [0.5, 0.6) is 0 Å². The summed E-state index contributed by atoms with van der Waals surface area (Å²) in [4.78, 5) is 12.0. The molecule has 0 rings (SSSR count). The second-order valence-electron chi connectivity index (χ2n) is 7.21. The van der Waals surface area contributed by atoms with Crippen LogP contribution in [-0.4, -0.2) is 12.3 Å². The summed E-state index contributed by atoms with van der Waals surface area (Å²) in [5.74, 6) is 0. The molecule has 0 saturated heterocycles. The van der Waals surface area contributed by atoms with E-state index < -0.39 is 7.37 Å². The molecular formula is C20H42NaO2P. The van der Waals surface area contributed by atoms with Crippen LogP contribution in [0.1, 0.15) is 117 Å². The van der Waals surface area contributed by atoms with Gasteiger partial charge in [-0.3, -0.25) is 0 Å². The van der Waals surface area contributed by atoms with Crippen LogP contribution in [0.3, 0.4) is 0 Å². The van der Waals surface area contributed by atoms with E-state index in [9.17, 15) is 9.46 Å². The quantitative estimate of drug-likeness (QED) is 0.209. The summed E-state index contributed by atoms with van der Waals surface area (Å²) in [6.45, 7) is 4.47. The van der Waals surface area contributed by atoms with Gasteiger partial charge in [-0.15, -0.1) is 0 Å². The molecule has 2 nitrogen and oxygen atoms in total. The summed E-state index contributed by atoms with van der Waals surface area (Å²) in [5.41, 5.74) is 0. The van der Waals surface area contributed by atoms with Gasteiger partial charge in [-0.2, -0.15) is 0 Å². The topological polar surface area (TPSA) is 40.1 Å². The maximum Gasteiger partial charge on any atom is 1.00 e. The Bertz CT molecular complexity index is 261. The maximum absolute atomic E-state index is 12.0. The van der Waals surface area contributed by atoms with Crippen molar-refractivity contribution >= 4 is 7.37 Å². The first-order valence-corrected chi connectivity index (χ1v) is 12.4. The Morgan fingerprint density at radius 3 is 1.08 bits per heavy atom. The minimum atomic E-state index is -3.07. The van der Waals surface area contributed by atoms with E-state index in [0.29, 0.717) is 12.3 Å². The van der Waals surface area contributed by atoms with Crippen LogP contribution in [-0.2, 0) is 4.57 Å². The molecule has 0 N–H and O–H groups in total. The van der Waals surface area contributed by atoms with Gasteiger partial charge in [0.25, 0.3) is 0 Å². The summed E-state index contributed by atoms with van der Waals surface area (Å²) in [6, 6.07) is 0. The molecule has 0 aliphatic heterocycles. The van der Waals surface area contributed by atoms with Crippen LogP contribution >= 0.6 is 7.37 Å². The molecule has 0 aromatic rings. The summed E-state index contributed by atoms with van der Waals surface area (Å²) in [6.07, 6.45) is 20.4. The van der Waals surface area contributed by atoms with Crippen LogP contribution in [0.2, 0.25) is 0 Å². The van der Waals surface area contributed by atoms with Crippen LogP contribution in [0.4, 0.5) is 0 Å². The Balaban J connectivity index is 0. The monoisotopic (exact) mass is 368 g/mol. The normalized spacial score (nSPS) is 11.5. The molecule has 0 aliphatic rings. The Labute approximate surface area is 174 Å². The fraction of sp³-hybridized carbons (Fsp3) is 1.00. The zero-order chi connectivity index (χ0) is 17.2. The summed E-state index contributed by atoms with van der Waals surface area (Å²) < 4.78 is 12.0. The molecule has 24 heavy (non-hydrogen) atoms. The van der Waals surface area contributed by atoms with Crippen LogP contribution in [0, 0.1) is 0 Å². The molecule has 4 heteroatoms. The van der Waals surface area contributed by atoms with Crippen molar-refractivity contribution in [2.75, 3.05) is 12.3 Å². The SMILES string of the molecule is CCCCCCCCCCP(=O)([O-])CCCCCCCCCC.[Na+]. The van der Waals surface area contributed by atoms with Gasteiger partial charge >= 0.3 is 29.6 Å². The zero-order valence-corrected chi connectivity index (χ0v) is 19.9. The third kappa shape index (κ3) is 21.2. The van der Waals surface area contributed by atoms with E-state index in [2.05, 4.69) is 13.8 Å². The van der Waals surface area contributed by atoms with Gasteiger partial charge in [0, 0.05) is 7.37 Å². The van der Waals surface area contributed by atoms with Crippen molar-refractivity contribution in [3.63, 3.8) is 0 Å². The molecule has 0 aromatic heterocycles. The average molecular weight is 369 g/mol. The fourth-order valence-electron chi connectivity index (χ4n) is 3.08. The van der Waals surface area contributed by atoms with Crippen molar-refractivity contribution in [3.8, 4) is 0 Å². The minimum absolute atomic E-state index is 0. The number of hydrogen-bond donors (Lipinski definition) is 0. The van der Waals surface area contributed by atoms with Gasteiger partial charge in [0.15, 0.2) is 0 Å². The van der Waals surface area contributed by atoms with Crippen molar-refractivity contribution in [3.05, 3.63) is 0 Å². The van der Waals surface area contributed by atoms with Crippen molar-refractivity contribution < 1.29 is 39.0 Å². The summed E-state index contributed by atoms with van der Waals surface area (Å²) >= 11 is 0. The molecule has 0 fully saturated rings. The molecular weight excluding hydrogens is 326 g/mol. The van der Waals surface area contributed by atoms with Gasteiger partial charge in [-0.1, -0.05) is 104 Å². The summed E-state index contributed by atoms with van der Waals surface area (Å²) in [5, 5.41) is 0. The van der Waals surface area contributed by atoms with Crippen molar-refractivity contribution in [1.82, 2.24) is 0 Å². The summed E-state index contributed by atoms with van der Waals surface area (Å²) in [7, 11) is -3.07. The molecule has 0 aliphatic carbocycles. The number of hydrogen-bond acceptors (Lipinski definition) is 2. The van der Waals surface area contributed by atoms with Crippen LogP contribution in [0.15, 0.2) is 0 Å². The second kappa shape index (κ2) is 20.5. The molecule has 0 aromatic carbocycles. The number of rotatable bonds is 18. The van der Waals surface area contributed by atoms with E-state index in [4.69, 9.17) is 0 Å². The molecule has 0 saturated carbocycles. The first kappa shape index (κ1) is 27.4. The zero-order valence-electron chi connectivity index (χ0n) is 17.0. The number of unbranched alkanes of at least 4 members (excludes halogenated alkanes) is 14. The third-order valence-electron chi connectivity index (χ3n) is 4.70. The van der Waals surface area contributed by atoms with Crippen molar-refractivity contribution in [1.29, 1.82) is 0 Å². The van der Waals surface area contributed by atoms with Crippen molar-refractivity contribution in [2.24, 2.45) is 0 Å². The fourth-order valence-corrected chi connectivity index (χ4v) is 4.72. The van der Waals surface area contributed by atoms with Gasteiger partial charge in [0.1, 0.15) is 0 Å². The van der Waals surface area contributed by atoms with E-state index in [1.807, 2.05) is 0 Å². The predicted molar refractivity (Wildman–Crippen MR) is 103 cm³/mol. The molecule has 0 radical (unpaired) electrons. The van der Waals surface area contributed by atoms with Crippen molar-refractivity contribution in [2.45, 2.75) is 117 Å². The van der Waals surface area contributed by atoms with Crippen LogP contribution < -0.4 is 34.5 Å². The van der Waals surface area contributed by atoms with Gasteiger partial charge in [0.2, 0.25) is 0 Å². The second-order valence-corrected chi connectivity index (χ2v) is 9.74. The van der Waals surface area contributed by atoms with Gasteiger partial charge in [-0.25, -0.2) is 0 Å². The van der Waals surface area contributed by atoms with E-state index in [-0.39, 0.29) is 29.6 Å². The molecule has 140 valence electrons. The van der Waals surface area contributed by atoms with Gasteiger partial charge in [0.05, 0.1) is 0 Å². The van der Waals surface area contributed by atoms with E-state index in [1.54, 1.807) is 0 Å². The van der Waals surface area contributed by atoms with Gasteiger partial charge < -0.3 is 9.46 Å². The molecule has 0 atom stereocenters. The van der Waals surface area contributed by atoms with E-state index in [0.717, 1.165) is 25.7 Å². The smallest absolute Gasteiger partial charge is 0.799 e. The first-order chi connectivity index (χ1) is 11.1. The molecule has 0 bridgehead atoms. The molecule has 0 unspecified atom stereocenters. The minimum Gasteiger partial charge on any atom is -0.799 e. The van der Waals surface area contributed by atoms with E-state index >= 15 is 0 Å². The molecule has 0 amide bonds. The molecule has 0 heterocycles. The Morgan fingerprint density at radius 1 is 0.542 bits per heavy atom. The largest absolute Gasteiger partial charge is 1.00 e. The predicted octanol–water partition coefficient (Wildman–Crippen LogP) is 3.91.